The molecule has 2 spiro atoms. The molecule has 77 heavy (non-hydrogen) atoms. The van der Waals surface area contributed by atoms with Crippen LogP contribution in [0.15, 0.2) is 218 Å². The van der Waals surface area contributed by atoms with Crippen molar-refractivity contribution in [2.75, 3.05) is 9.80 Å². The molecule has 1 aliphatic carbocycles. The fraction of sp³-hybridized carbons (Fsp3) is 0.178. The fourth-order valence-corrected chi connectivity index (χ4v) is 14.4. The maximum atomic E-state index is 7.15. The minimum atomic E-state index is -0.690. The Balaban J connectivity index is 1.01. The van der Waals surface area contributed by atoms with Gasteiger partial charge in [-0.25, -0.2) is 0 Å². The van der Waals surface area contributed by atoms with Crippen molar-refractivity contribution in [1.82, 2.24) is 0 Å². The summed E-state index contributed by atoms with van der Waals surface area (Å²) in [6.07, 6.45) is 0. The van der Waals surface area contributed by atoms with Crippen LogP contribution in [0.5, 0.6) is 11.5 Å². The van der Waals surface area contributed by atoms with Gasteiger partial charge in [0.05, 0.1) is 33.6 Å². The SMILES string of the molecule is Cc1ccc2c(c1)C1(c3cc(C)ccc3N2c2ccccc2)c2ccccc2C2(c3ccccc3N(c3ccc4c(c3)Oc3ccccc3B4c3c(C(C)C)cc(C(C)C)cc3C(C)C)c3ccccc32)c2ccccc21. The highest BCUT2D eigenvalue weighted by Gasteiger charge is 2.59. The number of nitrogens with zero attached hydrogens (tertiary/aromatic N) is 2. The van der Waals surface area contributed by atoms with Crippen LogP contribution in [0, 0.1) is 13.8 Å². The van der Waals surface area contributed by atoms with Crippen LogP contribution in [0.2, 0.25) is 0 Å². The van der Waals surface area contributed by atoms with Gasteiger partial charge in [0.15, 0.2) is 0 Å². The van der Waals surface area contributed by atoms with Crippen LogP contribution in [0.4, 0.5) is 34.1 Å². The first-order valence-corrected chi connectivity index (χ1v) is 27.9. The maximum absolute atomic E-state index is 7.15. The number of para-hydroxylation sites is 4. The Bertz CT molecular complexity index is 3840. The largest absolute Gasteiger partial charge is 0.458 e. The normalized spacial score (nSPS) is 14.8. The number of anilines is 6. The molecule has 14 rings (SSSR count). The minimum Gasteiger partial charge on any atom is -0.458 e. The topological polar surface area (TPSA) is 15.7 Å². The Labute approximate surface area is 455 Å². The van der Waals surface area contributed by atoms with Crippen molar-refractivity contribution in [3.8, 4) is 11.5 Å². The Hall–Kier alpha value is -8.34. The van der Waals surface area contributed by atoms with Crippen LogP contribution in [-0.4, -0.2) is 6.71 Å². The van der Waals surface area contributed by atoms with E-state index in [0.29, 0.717) is 17.8 Å². The van der Waals surface area contributed by atoms with E-state index in [1.165, 1.54) is 100 Å². The van der Waals surface area contributed by atoms with Gasteiger partial charge in [0, 0.05) is 17.4 Å². The van der Waals surface area contributed by atoms with Gasteiger partial charge in [0.1, 0.15) is 11.5 Å². The lowest BCUT2D eigenvalue weighted by molar-refractivity contribution is 0.487. The van der Waals surface area contributed by atoms with Crippen LogP contribution in [0.1, 0.15) is 132 Å². The number of fused-ring (bicyclic) bond motifs is 16. The number of benzene rings is 10. The number of hydrogen-bond donors (Lipinski definition) is 0. The van der Waals surface area contributed by atoms with Crippen molar-refractivity contribution in [2.24, 2.45) is 0 Å². The smallest absolute Gasteiger partial charge is 0.251 e. The second kappa shape index (κ2) is 17.6. The Morgan fingerprint density at radius 3 is 1.30 bits per heavy atom. The molecule has 4 heteroatoms. The quantitative estimate of drug-likeness (QED) is 0.154. The third kappa shape index (κ3) is 6.64. The van der Waals surface area contributed by atoms with Crippen LogP contribution in [-0.2, 0) is 10.8 Å². The highest BCUT2D eigenvalue weighted by atomic mass is 16.5. The van der Waals surface area contributed by atoms with Gasteiger partial charge in [-0.2, -0.15) is 0 Å². The molecule has 0 saturated carbocycles. The zero-order chi connectivity index (χ0) is 52.5. The van der Waals surface area contributed by atoms with Crippen molar-refractivity contribution < 1.29 is 4.74 Å². The fourth-order valence-electron chi connectivity index (χ4n) is 14.4. The van der Waals surface area contributed by atoms with Gasteiger partial charge in [-0.15, -0.1) is 0 Å². The van der Waals surface area contributed by atoms with Gasteiger partial charge in [0.2, 0.25) is 0 Å². The number of rotatable bonds is 6. The Kier molecular flexibility index (Phi) is 10.8. The number of aryl methyl sites for hydroxylation is 2. The second-order valence-electron chi connectivity index (χ2n) is 23.0. The summed E-state index contributed by atoms with van der Waals surface area (Å²) in [5, 5.41) is 0. The van der Waals surface area contributed by atoms with E-state index in [0.717, 1.165) is 34.2 Å². The average Bonchev–Trinajstić information content (AvgIpc) is 3.51. The summed E-state index contributed by atoms with van der Waals surface area (Å²) in [6, 6.07) is 83.2. The molecule has 10 aromatic carbocycles. The van der Waals surface area contributed by atoms with Crippen LogP contribution >= 0.6 is 0 Å². The molecule has 0 N–H and O–H groups in total. The minimum absolute atomic E-state index is 0.00849. The molecule has 0 saturated heterocycles. The van der Waals surface area contributed by atoms with E-state index in [4.69, 9.17) is 4.74 Å². The van der Waals surface area contributed by atoms with Gasteiger partial charge in [-0.1, -0.05) is 222 Å². The Morgan fingerprint density at radius 1 is 0.351 bits per heavy atom. The molecule has 0 unspecified atom stereocenters. The number of ether oxygens (including phenoxy) is 1. The molecule has 0 atom stereocenters. The van der Waals surface area contributed by atoms with Crippen molar-refractivity contribution >= 4 is 57.2 Å². The molecule has 0 aromatic heterocycles. The first kappa shape index (κ1) is 47.1. The molecule has 3 aliphatic heterocycles. The number of hydrogen-bond acceptors (Lipinski definition) is 3. The maximum Gasteiger partial charge on any atom is 0.251 e. The van der Waals surface area contributed by atoms with Crippen molar-refractivity contribution in [2.45, 2.75) is 84.0 Å². The first-order chi connectivity index (χ1) is 37.5. The van der Waals surface area contributed by atoms with E-state index in [1.807, 2.05) is 0 Å². The lowest BCUT2D eigenvalue weighted by Crippen LogP contribution is -2.57. The van der Waals surface area contributed by atoms with E-state index in [-0.39, 0.29) is 6.71 Å². The monoisotopic (exact) mass is 995 g/mol. The zero-order valence-corrected chi connectivity index (χ0v) is 45.4. The molecule has 3 nitrogen and oxygen atoms in total. The average molecular weight is 995 g/mol. The highest BCUT2D eigenvalue weighted by Crippen LogP contribution is 2.68. The summed E-state index contributed by atoms with van der Waals surface area (Å²) in [5.74, 6) is 2.95. The summed E-state index contributed by atoms with van der Waals surface area (Å²) in [4.78, 5) is 5.00. The highest BCUT2D eigenvalue weighted by molar-refractivity contribution is 6.97. The van der Waals surface area contributed by atoms with E-state index >= 15 is 0 Å². The summed E-state index contributed by atoms with van der Waals surface area (Å²) in [7, 11) is 0. The molecular weight excluding hydrogens is 932 g/mol. The molecule has 10 aromatic rings. The Morgan fingerprint density at radius 2 is 0.779 bits per heavy atom. The van der Waals surface area contributed by atoms with E-state index in [1.54, 1.807) is 0 Å². The van der Waals surface area contributed by atoms with Gasteiger partial charge in [0.25, 0.3) is 6.71 Å². The zero-order valence-electron chi connectivity index (χ0n) is 45.4. The van der Waals surface area contributed by atoms with Gasteiger partial charge >= 0.3 is 0 Å². The van der Waals surface area contributed by atoms with Crippen molar-refractivity contribution in [1.29, 1.82) is 0 Å². The van der Waals surface area contributed by atoms with Gasteiger partial charge in [-0.3, -0.25) is 0 Å². The molecule has 0 fully saturated rings. The van der Waals surface area contributed by atoms with E-state index in [9.17, 15) is 0 Å². The molecule has 0 bridgehead atoms. The van der Waals surface area contributed by atoms with Gasteiger partial charge < -0.3 is 14.5 Å². The summed E-state index contributed by atoms with van der Waals surface area (Å²) in [6.45, 7) is 18.6. The molecule has 0 radical (unpaired) electrons. The lowest BCUT2D eigenvalue weighted by Gasteiger charge is -2.56. The molecule has 4 aliphatic rings. The van der Waals surface area contributed by atoms with Crippen molar-refractivity contribution in [3.63, 3.8) is 0 Å². The molecule has 374 valence electrons. The van der Waals surface area contributed by atoms with Crippen molar-refractivity contribution in [3.05, 3.63) is 291 Å². The van der Waals surface area contributed by atoms with Crippen LogP contribution in [0.3, 0.4) is 0 Å². The van der Waals surface area contributed by atoms with Crippen LogP contribution < -0.4 is 30.9 Å². The first-order valence-electron chi connectivity index (χ1n) is 27.9. The lowest BCUT2D eigenvalue weighted by atomic mass is 9.34. The summed E-state index contributed by atoms with van der Waals surface area (Å²) < 4.78 is 7.15. The van der Waals surface area contributed by atoms with E-state index < -0.39 is 10.8 Å². The predicted octanol–water partition coefficient (Wildman–Crippen LogP) is 16.9. The van der Waals surface area contributed by atoms with Gasteiger partial charge in [-0.05, 0) is 152 Å². The summed E-state index contributed by atoms with van der Waals surface area (Å²) >= 11 is 0. The van der Waals surface area contributed by atoms with Crippen LogP contribution in [0.25, 0.3) is 0 Å². The predicted molar refractivity (Wildman–Crippen MR) is 322 cm³/mol. The molecule has 3 heterocycles. The van der Waals surface area contributed by atoms with E-state index in [2.05, 4.69) is 284 Å². The third-order valence-electron chi connectivity index (χ3n) is 17.7. The molecule has 0 amide bonds. The standard InChI is InChI=1S/C73H63BN2O/c1-45(2)50-42-53(46(3)4)71(54(43-50)47(5)6)74-63-30-18-21-33-69(63)77-70-44-52(36-37-64(70)74)76-65-31-19-16-28-59(65)72(60-29-17-20-32-66(60)76)55-24-12-14-26-57(55)73(58-27-15-13-25-56(58)72)61-40-48(7)34-38-67(61)75(51-22-10-9-11-23-51)68-39-35-49(8)41-62(68)73/h9-47H,1-8H3. The molecular formula is C73H63BN2O. The summed E-state index contributed by atoms with van der Waals surface area (Å²) in [5.41, 5.74) is 26.4. The third-order valence-corrected chi connectivity index (χ3v) is 17.7. The second-order valence-corrected chi connectivity index (χ2v) is 23.0.